The average Bonchev–Trinajstić information content (AvgIpc) is 2.77. The summed E-state index contributed by atoms with van der Waals surface area (Å²) >= 11 is 0. The Bertz CT molecular complexity index is 389. The fourth-order valence-electron chi connectivity index (χ4n) is 1.88. The number of nitrogens with one attached hydrogen (secondary N) is 1. The van der Waals surface area contributed by atoms with Crippen LogP contribution < -0.4 is 20.5 Å². The molecule has 2 rings (SSSR count). The van der Waals surface area contributed by atoms with Crippen molar-refractivity contribution in [2.24, 2.45) is 11.7 Å². The van der Waals surface area contributed by atoms with Gasteiger partial charge in [0.2, 0.25) is 6.79 Å². The molecule has 1 aromatic rings. The number of nitrogens with two attached hydrogens (primary N) is 1. The number of benzene rings is 1. The van der Waals surface area contributed by atoms with Gasteiger partial charge in [0.1, 0.15) is 0 Å². The van der Waals surface area contributed by atoms with Crippen LogP contribution in [0.15, 0.2) is 12.1 Å². The predicted octanol–water partition coefficient (Wildman–Crippen LogP) is 2.12. The summed E-state index contributed by atoms with van der Waals surface area (Å²) in [4.78, 5) is 0. The predicted molar refractivity (Wildman–Crippen MR) is 68.6 cm³/mol. The van der Waals surface area contributed by atoms with Crippen LogP contribution in [0.3, 0.4) is 0 Å². The number of aryl methyl sites for hydroxylation is 1. The molecule has 4 nitrogen and oxygen atoms in total. The minimum absolute atomic E-state index is 0.318. The Morgan fingerprint density at radius 1 is 1.35 bits per heavy atom. The Labute approximate surface area is 102 Å². The number of anilines is 1. The van der Waals surface area contributed by atoms with E-state index in [9.17, 15) is 0 Å². The highest BCUT2D eigenvalue weighted by atomic mass is 16.7. The summed E-state index contributed by atoms with van der Waals surface area (Å²) in [7, 11) is 0. The highest BCUT2D eigenvalue weighted by Crippen LogP contribution is 2.36. The lowest BCUT2D eigenvalue weighted by molar-refractivity contribution is 0.174. The minimum atomic E-state index is 0.318. The summed E-state index contributed by atoms with van der Waals surface area (Å²) in [5.74, 6) is 2.16. The van der Waals surface area contributed by atoms with Gasteiger partial charge in [0.15, 0.2) is 11.5 Å². The van der Waals surface area contributed by atoms with Crippen LogP contribution in [0, 0.1) is 12.8 Å². The van der Waals surface area contributed by atoms with Gasteiger partial charge in [-0.25, -0.2) is 0 Å². The summed E-state index contributed by atoms with van der Waals surface area (Å²) in [6, 6.07) is 4.01. The van der Waals surface area contributed by atoms with Crippen LogP contribution in [0.4, 0.5) is 5.69 Å². The fraction of sp³-hybridized carbons (Fsp3) is 0.538. The molecular weight excluding hydrogens is 216 g/mol. The third kappa shape index (κ3) is 2.64. The Hall–Kier alpha value is -1.42. The molecule has 0 amide bonds. The maximum atomic E-state index is 5.69. The number of rotatable bonds is 5. The van der Waals surface area contributed by atoms with E-state index >= 15 is 0 Å². The monoisotopic (exact) mass is 236 g/mol. The molecule has 0 aliphatic carbocycles. The molecule has 0 aromatic heterocycles. The van der Waals surface area contributed by atoms with Gasteiger partial charge in [0, 0.05) is 18.3 Å². The number of hydrogen-bond acceptors (Lipinski definition) is 4. The van der Waals surface area contributed by atoms with Crippen molar-refractivity contribution >= 4 is 5.69 Å². The van der Waals surface area contributed by atoms with Crippen molar-refractivity contribution in [2.45, 2.75) is 20.3 Å². The summed E-state index contributed by atoms with van der Waals surface area (Å²) in [6.45, 7) is 6.15. The van der Waals surface area contributed by atoms with Gasteiger partial charge < -0.3 is 20.5 Å². The third-order valence-electron chi connectivity index (χ3n) is 3.21. The highest BCUT2D eigenvalue weighted by molar-refractivity contribution is 5.60. The zero-order valence-corrected chi connectivity index (χ0v) is 10.5. The summed E-state index contributed by atoms with van der Waals surface area (Å²) in [6.07, 6.45) is 1.09. The van der Waals surface area contributed by atoms with Crippen molar-refractivity contribution < 1.29 is 9.47 Å². The first-order chi connectivity index (χ1) is 8.24. The van der Waals surface area contributed by atoms with E-state index in [0.717, 1.165) is 30.2 Å². The van der Waals surface area contributed by atoms with Gasteiger partial charge in [-0.3, -0.25) is 0 Å². The molecule has 0 radical (unpaired) electrons. The second kappa shape index (κ2) is 5.27. The van der Waals surface area contributed by atoms with Gasteiger partial charge in [-0.2, -0.15) is 0 Å². The van der Waals surface area contributed by atoms with Gasteiger partial charge in [-0.15, -0.1) is 0 Å². The van der Waals surface area contributed by atoms with E-state index in [1.54, 1.807) is 0 Å². The van der Waals surface area contributed by atoms with Crippen molar-refractivity contribution in [3.63, 3.8) is 0 Å². The second-order valence-corrected chi connectivity index (χ2v) is 4.41. The van der Waals surface area contributed by atoms with Crippen molar-refractivity contribution in [1.29, 1.82) is 0 Å². The van der Waals surface area contributed by atoms with Crippen LogP contribution in [0.1, 0.15) is 18.9 Å². The molecule has 94 valence electrons. The molecule has 3 N–H and O–H groups in total. The minimum Gasteiger partial charge on any atom is -0.454 e. The lowest BCUT2D eigenvalue weighted by Crippen LogP contribution is -2.22. The van der Waals surface area contributed by atoms with Crippen molar-refractivity contribution in [2.75, 3.05) is 25.2 Å². The Morgan fingerprint density at radius 2 is 2.06 bits per heavy atom. The molecule has 0 saturated carbocycles. The van der Waals surface area contributed by atoms with Crippen LogP contribution >= 0.6 is 0 Å². The van der Waals surface area contributed by atoms with E-state index in [1.165, 1.54) is 5.56 Å². The Kier molecular flexibility index (Phi) is 3.74. The summed E-state index contributed by atoms with van der Waals surface area (Å²) in [5, 5.41) is 3.43. The van der Waals surface area contributed by atoms with Gasteiger partial charge in [0.05, 0.1) is 0 Å². The van der Waals surface area contributed by atoms with Crippen LogP contribution in [0.2, 0.25) is 0 Å². The van der Waals surface area contributed by atoms with Gasteiger partial charge >= 0.3 is 0 Å². The molecule has 4 heteroatoms. The largest absolute Gasteiger partial charge is 0.454 e. The first kappa shape index (κ1) is 12.0. The smallest absolute Gasteiger partial charge is 0.231 e. The van der Waals surface area contributed by atoms with Crippen molar-refractivity contribution in [1.82, 2.24) is 0 Å². The maximum absolute atomic E-state index is 5.69. The molecular formula is C13H20N2O2. The molecule has 1 atom stereocenters. The van der Waals surface area contributed by atoms with E-state index in [4.69, 9.17) is 15.2 Å². The number of ether oxygens (including phenoxy) is 2. The average molecular weight is 236 g/mol. The first-order valence-corrected chi connectivity index (χ1v) is 6.08. The van der Waals surface area contributed by atoms with Crippen LogP contribution in [-0.4, -0.2) is 19.9 Å². The second-order valence-electron chi connectivity index (χ2n) is 4.41. The number of hydrogen-bond donors (Lipinski definition) is 2. The van der Waals surface area contributed by atoms with Gasteiger partial charge in [-0.1, -0.05) is 13.3 Å². The normalized spacial score (nSPS) is 14.8. The van der Waals surface area contributed by atoms with Crippen molar-refractivity contribution in [3.05, 3.63) is 17.7 Å². The van der Waals surface area contributed by atoms with Gasteiger partial charge in [0.25, 0.3) is 0 Å². The molecule has 1 aliphatic heterocycles. The van der Waals surface area contributed by atoms with E-state index in [0.29, 0.717) is 19.3 Å². The topological polar surface area (TPSA) is 56.5 Å². The van der Waals surface area contributed by atoms with Gasteiger partial charge in [-0.05, 0) is 31.0 Å². The molecule has 1 aromatic carbocycles. The summed E-state index contributed by atoms with van der Waals surface area (Å²) < 4.78 is 10.7. The lowest BCUT2D eigenvalue weighted by atomic mass is 10.1. The third-order valence-corrected chi connectivity index (χ3v) is 3.21. The van der Waals surface area contributed by atoms with Crippen LogP contribution in [0.5, 0.6) is 11.5 Å². The molecule has 0 bridgehead atoms. The SMILES string of the molecule is CCC(CN)CNc1cc2c(cc1C)OCO2. The van der Waals surface area contributed by atoms with E-state index < -0.39 is 0 Å². The maximum Gasteiger partial charge on any atom is 0.231 e. The molecule has 0 fully saturated rings. The van der Waals surface area contributed by atoms with E-state index in [-0.39, 0.29) is 0 Å². The summed E-state index contributed by atoms with van der Waals surface area (Å²) in [5.41, 5.74) is 7.96. The van der Waals surface area contributed by atoms with Crippen LogP contribution in [0.25, 0.3) is 0 Å². The van der Waals surface area contributed by atoms with Crippen LogP contribution in [-0.2, 0) is 0 Å². The standard InChI is InChI=1S/C13H20N2O2/c1-3-10(6-14)7-15-11-5-13-12(4-9(11)2)16-8-17-13/h4-5,10,15H,3,6-8,14H2,1-2H3. The number of fused-ring (bicyclic) bond motifs is 1. The molecule has 1 aliphatic rings. The Morgan fingerprint density at radius 3 is 2.71 bits per heavy atom. The molecule has 1 heterocycles. The Balaban J connectivity index is 2.06. The highest BCUT2D eigenvalue weighted by Gasteiger charge is 2.15. The first-order valence-electron chi connectivity index (χ1n) is 6.08. The van der Waals surface area contributed by atoms with E-state index in [2.05, 4.69) is 19.2 Å². The fourth-order valence-corrected chi connectivity index (χ4v) is 1.88. The quantitative estimate of drug-likeness (QED) is 0.822. The zero-order valence-electron chi connectivity index (χ0n) is 10.5. The lowest BCUT2D eigenvalue weighted by Gasteiger charge is -2.16. The molecule has 0 saturated heterocycles. The molecule has 1 unspecified atom stereocenters. The van der Waals surface area contributed by atoms with E-state index in [1.807, 2.05) is 12.1 Å². The molecule has 0 spiro atoms. The van der Waals surface area contributed by atoms with Crippen molar-refractivity contribution in [3.8, 4) is 11.5 Å². The zero-order chi connectivity index (χ0) is 12.3. The molecule has 17 heavy (non-hydrogen) atoms.